The highest BCUT2D eigenvalue weighted by molar-refractivity contribution is 7.89. The molecule has 1 heterocycles. The van der Waals surface area contributed by atoms with E-state index in [1.54, 1.807) is 12.1 Å². The Bertz CT molecular complexity index is 596. The number of nitrogens with zero attached hydrogens (tertiary/aromatic N) is 1. The van der Waals surface area contributed by atoms with Crippen LogP contribution in [-0.2, 0) is 14.8 Å². The molecule has 2 fully saturated rings. The molecule has 22 heavy (non-hydrogen) atoms. The number of sulfonamides is 1. The molecule has 0 amide bonds. The topological polar surface area (TPSA) is 58.6 Å². The molecule has 1 saturated heterocycles. The van der Waals surface area contributed by atoms with Crippen molar-refractivity contribution in [2.45, 2.75) is 49.6 Å². The van der Waals surface area contributed by atoms with Crippen molar-refractivity contribution in [1.82, 2.24) is 4.72 Å². The SMILES string of the molecule is CCC1CCN(c2ccc(S(=O)(=O)NC3CC3)cc2)CCO1. The first-order valence-electron chi connectivity index (χ1n) is 8.07. The number of hydrogen-bond acceptors (Lipinski definition) is 4. The zero-order chi connectivity index (χ0) is 15.6. The van der Waals surface area contributed by atoms with Gasteiger partial charge in [-0.15, -0.1) is 0 Å². The molecule has 122 valence electrons. The molecular formula is C16H24N2O3S. The summed E-state index contributed by atoms with van der Waals surface area (Å²) in [6.07, 6.45) is 4.29. The van der Waals surface area contributed by atoms with E-state index in [4.69, 9.17) is 4.74 Å². The Balaban J connectivity index is 1.68. The van der Waals surface area contributed by atoms with Crippen molar-refractivity contribution < 1.29 is 13.2 Å². The second-order valence-corrected chi connectivity index (χ2v) is 7.78. The standard InChI is InChI=1S/C16H24N2O3S/c1-2-15-9-10-18(11-12-21-15)14-5-7-16(8-6-14)22(19,20)17-13-3-4-13/h5-8,13,15,17H,2-4,9-12H2,1H3. The van der Waals surface area contributed by atoms with Crippen molar-refractivity contribution in [3.05, 3.63) is 24.3 Å². The summed E-state index contributed by atoms with van der Waals surface area (Å²) in [6.45, 7) is 4.67. The fourth-order valence-corrected chi connectivity index (χ4v) is 4.03. The fraction of sp³-hybridized carbons (Fsp3) is 0.625. The fourth-order valence-electron chi connectivity index (χ4n) is 2.73. The van der Waals surface area contributed by atoms with Crippen LogP contribution in [0.15, 0.2) is 29.2 Å². The number of hydrogen-bond donors (Lipinski definition) is 1. The average Bonchev–Trinajstić information content (AvgIpc) is 3.33. The maximum absolute atomic E-state index is 12.2. The van der Waals surface area contributed by atoms with E-state index >= 15 is 0 Å². The van der Waals surface area contributed by atoms with Crippen LogP contribution < -0.4 is 9.62 Å². The maximum atomic E-state index is 12.2. The molecule has 1 aromatic rings. The third-order valence-corrected chi connectivity index (χ3v) is 5.84. The monoisotopic (exact) mass is 324 g/mol. The van der Waals surface area contributed by atoms with Gasteiger partial charge in [-0.2, -0.15) is 0 Å². The minimum absolute atomic E-state index is 0.137. The second-order valence-electron chi connectivity index (χ2n) is 6.07. The van der Waals surface area contributed by atoms with Crippen LogP contribution in [0.3, 0.4) is 0 Å². The van der Waals surface area contributed by atoms with E-state index in [1.165, 1.54) is 0 Å². The van der Waals surface area contributed by atoms with E-state index in [-0.39, 0.29) is 6.04 Å². The van der Waals surface area contributed by atoms with Gasteiger partial charge in [0.2, 0.25) is 10.0 Å². The largest absolute Gasteiger partial charge is 0.376 e. The van der Waals surface area contributed by atoms with Gasteiger partial charge in [0.1, 0.15) is 0 Å². The van der Waals surface area contributed by atoms with Crippen molar-refractivity contribution in [1.29, 1.82) is 0 Å². The Labute approximate surface area is 132 Å². The van der Waals surface area contributed by atoms with Gasteiger partial charge in [0.15, 0.2) is 0 Å². The van der Waals surface area contributed by atoms with Gasteiger partial charge in [-0.1, -0.05) is 6.92 Å². The lowest BCUT2D eigenvalue weighted by Crippen LogP contribution is -2.27. The van der Waals surface area contributed by atoms with Gasteiger partial charge in [-0.05, 0) is 49.9 Å². The van der Waals surface area contributed by atoms with Crippen LogP contribution in [0, 0.1) is 0 Å². The Morgan fingerprint density at radius 1 is 1.18 bits per heavy atom. The van der Waals surface area contributed by atoms with Gasteiger partial charge < -0.3 is 9.64 Å². The number of rotatable bonds is 5. The zero-order valence-electron chi connectivity index (χ0n) is 13.0. The van der Waals surface area contributed by atoms with E-state index in [2.05, 4.69) is 16.5 Å². The van der Waals surface area contributed by atoms with Gasteiger partial charge in [-0.25, -0.2) is 13.1 Å². The minimum Gasteiger partial charge on any atom is -0.376 e. The molecule has 5 nitrogen and oxygen atoms in total. The highest BCUT2D eigenvalue weighted by Crippen LogP contribution is 2.24. The van der Waals surface area contributed by atoms with Crippen molar-refractivity contribution in [2.75, 3.05) is 24.6 Å². The maximum Gasteiger partial charge on any atom is 0.240 e. The molecular weight excluding hydrogens is 300 g/mol. The lowest BCUT2D eigenvalue weighted by Gasteiger charge is -2.22. The molecule has 0 bridgehead atoms. The van der Waals surface area contributed by atoms with E-state index in [0.29, 0.717) is 11.0 Å². The van der Waals surface area contributed by atoms with Gasteiger partial charge in [0.05, 0.1) is 17.6 Å². The van der Waals surface area contributed by atoms with Gasteiger partial charge >= 0.3 is 0 Å². The summed E-state index contributed by atoms with van der Waals surface area (Å²) in [7, 11) is -3.36. The third-order valence-electron chi connectivity index (χ3n) is 4.30. The van der Waals surface area contributed by atoms with E-state index in [0.717, 1.165) is 51.1 Å². The molecule has 1 N–H and O–H groups in total. The van der Waals surface area contributed by atoms with Gasteiger partial charge in [-0.3, -0.25) is 0 Å². The molecule has 3 rings (SSSR count). The first-order chi connectivity index (χ1) is 10.6. The van der Waals surface area contributed by atoms with Gasteiger partial charge in [0.25, 0.3) is 0 Å². The molecule has 0 spiro atoms. The van der Waals surface area contributed by atoms with Crippen LogP contribution >= 0.6 is 0 Å². The lowest BCUT2D eigenvalue weighted by molar-refractivity contribution is 0.0626. The number of anilines is 1. The summed E-state index contributed by atoms with van der Waals surface area (Å²) in [5.41, 5.74) is 1.06. The predicted molar refractivity (Wildman–Crippen MR) is 86.6 cm³/mol. The second kappa shape index (κ2) is 6.56. The van der Waals surface area contributed by atoms with E-state index in [1.807, 2.05) is 12.1 Å². The summed E-state index contributed by atoms with van der Waals surface area (Å²) in [5.74, 6) is 0. The number of benzene rings is 1. The first-order valence-corrected chi connectivity index (χ1v) is 9.56. The highest BCUT2D eigenvalue weighted by Gasteiger charge is 2.28. The van der Waals surface area contributed by atoms with Crippen molar-refractivity contribution in [3.8, 4) is 0 Å². The van der Waals surface area contributed by atoms with E-state index in [9.17, 15) is 8.42 Å². The lowest BCUT2D eigenvalue weighted by atomic mass is 10.2. The van der Waals surface area contributed by atoms with Crippen LogP contribution in [0.2, 0.25) is 0 Å². The first kappa shape index (κ1) is 15.8. The van der Waals surface area contributed by atoms with Crippen LogP contribution in [0.4, 0.5) is 5.69 Å². The molecule has 0 aromatic heterocycles. The molecule has 1 aliphatic heterocycles. The van der Waals surface area contributed by atoms with Crippen molar-refractivity contribution in [2.24, 2.45) is 0 Å². The molecule has 1 atom stereocenters. The predicted octanol–water partition coefficient (Wildman–Crippen LogP) is 2.13. The third kappa shape index (κ3) is 3.80. The van der Waals surface area contributed by atoms with Crippen LogP contribution in [0.25, 0.3) is 0 Å². The molecule has 1 aromatic carbocycles. The average molecular weight is 324 g/mol. The summed E-state index contributed by atoms with van der Waals surface area (Å²) >= 11 is 0. The Morgan fingerprint density at radius 2 is 1.91 bits per heavy atom. The molecule has 1 aliphatic carbocycles. The zero-order valence-corrected chi connectivity index (χ0v) is 13.8. The normalized spacial score (nSPS) is 23.3. The quantitative estimate of drug-likeness (QED) is 0.901. The summed E-state index contributed by atoms with van der Waals surface area (Å²) in [5, 5.41) is 0. The smallest absolute Gasteiger partial charge is 0.240 e. The molecule has 1 unspecified atom stereocenters. The van der Waals surface area contributed by atoms with Crippen LogP contribution in [0.5, 0.6) is 0 Å². The Hall–Kier alpha value is -1.11. The van der Waals surface area contributed by atoms with Crippen LogP contribution in [-0.4, -0.2) is 40.3 Å². The van der Waals surface area contributed by atoms with Crippen molar-refractivity contribution >= 4 is 15.7 Å². The number of nitrogens with one attached hydrogen (secondary N) is 1. The number of ether oxygens (including phenoxy) is 1. The molecule has 1 saturated carbocycles. The summed E-state index contributed by atoms with van der Waals surface area (Å²) in [4.78, 5) is 2.61. The van der Waals surface area contributed by atoms with Gasteiger partial charge in [0, 0.05) is 24.8 Å². The summed E-state index contributed by atoms with van der Waals surface area (Å²) in [6, 6.07) is 7.33. The minimum atomic E-state index is -3.36. The Morgan fingerprint density at radius 3 is 2.55 bits per heavy atom. The van der Waals surface area contributed by atoms with E-state index < -0.39 is 10.0 Å². The highest BCUT2D eigenvalue weighted by atomic mass is 32.2. The van der Waals surface area contributed by atoms with Crippen molar-refractivity contribution in [3.63, 3.8) is 0 Å². The molecule has 2 aliphatic rings. The molecule has 6 heteroatoms. The Kier molecular flexibility index (Phi) is 4.70. The summed E-state index contributed by atoms with van der Waals surface area (Å²) < 4.78 is 32.8. The molecule has 0 radical (unpaired) electrons. The van der Waals surface area contributed by atoms with Crippen LogP contribution in [0.1, 0.15) is 32.6 Å².